The van der Waals surface area contributed by atoms with Gasteiger partial charge in [-0.1, -0.05) is 25.3 Å². The monoisotopic (exact) mass is 399 g/mol. The number of nitrogens with zero attached hydrogens (tertiary/aromatic N) is 3. The summed E-state index contributed by atoms with van der Waals surface area (Å²) in [5.74, 6) is 1.43. The van der Waals surface area contributed by atoms with E-state index in [0.717, 1.165) is 44.9 Å². The van der Waals surface area contributed by atoms with E-state index >= 15 is 0 Å². The Hall–Kier alpha value is -2.24. The summed E-state index contributed by atoms with van der Waals surface area (Å²) < 4.78 is 0. The summed E-state index contributed by atoms with van der Waals surface area (Å²) in [4.78, 5) is 21.3. The summed E-state index contributed by atoms with van der Waals surface area (Å²) >= 11 is 0. The highest BCUT2D eigenvalue weighted by Gasteiger charge is 2.31. The molecule has 2 aliphatic rings. The summed E-state index contributed by atoms with van der Waals surface area (Å²) in [5.41, 5.74) is 3.74. The molecule has 1 aromatic carbocycles. The Morgan fingerprint density at radius 3 is 2.62 bits per heavy atom. The van der Waals surface area contributed by atoms with Crippen molar-refractivity contribution in [3.63, 3.8) is 0 Å². The molecule has 29 heavy (non-hydrogen) atoms. The number of benzene rings is 1. The molecule has 1 aromatic rings. The topological polar surface area (TPSA) is 60.0 Å². The molecule has 0 radical (unpaired) electrons. The Morgan fingerprint density at radius 1 is 1.21 bits per heavy atom. The van der Waals surface area contributed by atoms with E-state index in [1.54, 1.807) is 7.05 Å². The molecular formula is C23H37N5O. The maximum Gasteiger partial charge on any atom is 0.225 e. The van der Waals surface area contributed by atoms with Crippen LogP contribution in [0, 0.1) is 12.8 Å². The number of carbonyl (C=O) groups excluding carboxylic acids is 1. The van der Waals surface area contributed by atoms with Gasteiger partial charge in [-0.2, -0.15) is 0 Å². The fraction of sp³-hybridized carbons (Fsp3) is 0.652. The lowest BCUT2D eigenvalue weighted by Crippen LogP contribution is -2.45. The molecule has 1 saturated carbocycles. The molecular weight excluding hydrogens is 362 g/mol. The third-order valence-electron chi connectivity index (χ3n) is 6.31. The molecule has 1 aliphatic heterocycles. The maximum atomic E-state index is 12.8. The number of amides is 1. The van der Waals surface area contributed by atoms with E-state index in [0.29, 0.717) is 5.91 Å². The molecule has 6 nitrogen and oxygen atoms in total. The molecule has 6 heteroatoms. The van der Waals surface area contributed by atoms with Crippen LogP contribution in [0.3, 0.4) is 0 Å². The van der Waals surface area contributed by atoms with Crippen molar-refractivity contribution in [2.45, 2.75) is 58.0 Å². The van der Waals surface area contributed by atoms with E-state index in [9.17, 15) is 4.79 Å². The second-order valence-corrected chi connectivity index (χ2v) is 8.68. The third kappa shape index (κ3) is 5.64. The van der Waals surface area contributed by atoms with Crippen molar-refractivity contribution in [1.29, 1.82) is 0 Å². The van der Waals surface area contributed by atoms with E-state index in [4.69, 9.17) is 0 Å². The van der Waals surface area contributed by atoms with E-state index in [1.807, 2.05) is 0 Å². The third-order valence-corrected chi connectivity index (χ3v) is 6.31. The van der Waals surface area contributed by atoms with E-state index < -0.39 is 0 Å². The molecule has 1 amide bonds. The van der Waals surface area contributed by atoms with E-state index in [1.165, 1.54) is 36.1 Å². The fourth-order valence-electron chi connectivity index (χ4n) is 4.41. The Bertz CT molecular complexity index is 724. The van der Waals surface area contributed by atoms with Crippen LogP contribution >= 0.6 is 0 Å². The minimum atomic E-state index is 0.257. The zero-order chi connectivity index (χ0) is 20.8. The van der Waals surface area contributed by atoms with E-state index in [-0.39, 0.29) is 12.0 Å². The van der Waals surface area contributed by atoms with Gasteiger partial charge in [0.25, 0.3) is 0 Å². The van der Waals surface area contributed by atoms with Gasteiger partial charge >= 0.3 is 0 Å². The first-order chi connectivity index (χ1) is 14.0. The summed E-state index contributed by atoms with van der Waals surface area (Å²) in [6.45, 7) is 4.52. The normalized spacial score (nSPS) is 20.6. The molecule has 2 N–H and O–H groups in total. The van der Waals surface area contributed by atoms with Crippen molar-refractivity contribution < 1.29 is 4.79 Å². The van der Waals surface area contributed by atoms with Crippen molar-refractivity contribution in [3.05, 3.63) is 29.3 Å². The summed E-state index contributed by atoms with van der Waals surface area (Å²) in [7, 11) is 5.92. The van der Waals surface area contributed by atoms with Gasteiger partial charge < -0.3 is 20.4 Å². The number of anilines is 1. The second-order valence-electron chi connectivity index (χ2n) is 8.68. The molecule has 0 spiro atoms. The number of hydrogen-bond donors (Lipinski definition) is 2. The van der Waals surface area contributed by atoms with Crippen LogP contribution in [0.2, 0.25) is 0 Å². The van der Waals surface area contributed by atoms with Crippen molar-refractivity contribution in [2.75, 3.05) is 39.1 Å². The van der Waals surface area contributed by atoms with Crippen LogP contribution in [-0.2, 0) is 11.3 Å². The molecule has 0 aromatic heterocycles. The lowest BCUT2D eigenvalue weighted by atomic mass is 9.88. The predicted molar refractivity (Wildman–Crippen MR) is 120 cm³/mol. The van der Waals surface area contributed by atoms with Crippen LogP contribution in [0.1, 0.15) is 49.7 Å². The fourth-order valence-corrected chi connectivity index (χ4v) is 4.41. The number of hydrogen-bond acceptors (Lipinski definition) is 3. The first-order valence-corrected chi connectivity index (χ1v) is 11.0. The Morgan fingerprint density at radius 2 is 1.97 bits per heavy atom. The largest absolute Gasteiger partial charge is 0.378 e. The first-order valence-electron chi connectivity index (χ1n) is 11.0. The van der Waals surface area contributed by atoms with Gasteiger partial charge in [-0.05, 0) is 49.4 Å². The van der Waals surface area contributed by atoms with Crippen molar-refractivity contribution in [3.8, 4) is 0 Å². The number of likely N-dealkylation sites (tertiary alicyclic amines) is 1. The average molecular weight is 400 g/mol. The van der Waals surface area contributed by atoms with Crippen LogP contribution in [0.4, 0.5) is 5.69 Å². The molecule has 1 atom stereocenters. The van der Waals surface area contributed by atoms with Gasteiger partial charge in [-0.15, -0.1) is 0 Å². The lowest BCUT2D eigenvalue weighted by molar-refractivity contribution is -0.135. The SMILES string of the molecule is CN=C(NCc1ccc(N(C)C)cc1C)NC1CCN(C(=O)C2CCCCC2)C1. The van der Waals surface area contributed by atoms with Crippen LogP contribution in [0.5, 0.6) is 0 Å². The van der Waals surface area contributed by atoms with Crippen LogP contribution in [0.25, 0.3) is 0 Å². The average Bonchev–Trinajstić information content (AvgIpc) is 3.20. The quantitative estimate of drug-likeness (QED) is 0.590. The van der Waals surface area contributed by atoms with Gasteiger partial charge in [0, 0.05) is 58.4 Å². The standard InChI is InChI=1S/C23H37N5O/c1-17-14-21(27(3)4)11-10-19(17)15-25-23(24-2)26-20-12-13-28(16-20)22(29)18-8-6-5-7-9-18/h10-11,14,18,20H,5-9,12-13,15-16H2,1-4H3,(H2,24,25,26). The van der Waals surface area contributed by atoms with Gasteiger partial charge in [0.05, 0.1) is 0 Å². The van der Waals surface area contributed by atoms with Gasteiger partial charge in [-0.3, -0.25) is 9.79 Å². The molecule has 0 bridgehead atoms. The molecule has 1 unspecified atom stereocenters. The predicted octanol–water partition coefficient (Wildman–Crippen LogP) is 2.91. The highest BCUT2D eigenvalue weighted by Crippen LogP contribution is 2.26. The number of guanidine groups is 1. The van der Waals surface area contributed by atoms with Crippen molar-refractivity contribution >= 4 is 17.6 Å². The number of carbonyl (C=O) groups is 1. The zero-order valence-electron chi connectivity index (χ0n) is 18.5. The van der Waals surface area contributed by atoms with Gasteiger partial charge in [-0.25, -0.2) is 0 Å². The van der Waals surface area contributed by atoms with E-state index in [2.05, 4.69) is 64.6 Å². The summed E-state index contributed by atoms with van der Waals surface area (Å²) in [6.07, 6.45) is 6.82. The molecule has 3 rings (SSSR count). The summed E-state index contributed by atoms with van der Waals surface area (Å²) in [6, 6.07) is 6.79. The minimum Gasteiger partial charge on any atom is -0.378 e. The zero-order valence-corrected chi connectivity index (χ0v) is 18.5. The van der Waals surface area contributed by atoms with Crippen LogP contribution < -0.4 is 15.5 Å². The number of rotatable bonds is 5. The Kier molecular flexibility index (Phi) is 7.40. The molecule has 1 saturated heterocycles. The van der Waals surface area contributed by atoms with Crippen molar-refractivity contribution in [2.24, 2.45) is 10.9 Å². The van der Waals surface area contributed by atoms with Crippen molar-refractivity contribution in [1.82, 2.24) is 15.5 Å². The lowest BCUT2D eigenvalue weighted by Gasteiger charge is -2.26. The highest BCUT2D eigenvalue weighted by molar-refractivity contribution is 5.81. The second kappa shape index (κ2) is 9.99. The smallest absolute Gasteiger partial charge is 0.225 e. The maximum absolute atomic E-state index is 12.8. The van der Waals surface area contributed by atoms with Crippen LogP contribution in [-0.4, -0.2) is 57.0 Å². The molecule has 160 valence electrons. The number of nitrogens with one attached hydrogen (secondary N) is 2. The molecule has 1 heterocycles. The Balaban J connectivity index is 1.49. The summed E-state index contributed by atoms with van der Waals surface area (Å²) in [5, 5.41) is 6.94. The van der Waals surface area contributed by atoms with Gasteiger partial charge in [0.15, 0.2) is 5.96 Å². The van der Waals surface area contributed by atoms with Crippen LogP contribution in [0.15, 0.2) is 23.2 Å². The molecule has 1 aliphatic carbocycles. The molecule has 2 fully saturated rings. The Labute approximate surface area is 175 Å². The highest BCUT2D eigenvalue weighted by atomic mass is 16.2. The first kappa shape index (κ1) is 21.5. The van der Waals surface area contributed by atoms with Gasteiger partial charge in [0.1, 0.15) is 0 Å². The number of aryl methyl sites for hydroxylation is 1. The van der Waals surface area contributed by atoms with Gasteiger partial charge in [0.2, 0.25) is 5.91 Å². The minimum absolute atomic E-state index is 0.257. The number of aliphatic imine (C=N–C) groups is 1.